The van der Waals surface area contributed by atoms with Crippen LogP contribution in [0.25, 0.3) is 0 Å². The quantitative estimate of drug-likeness (QED) is 0.289. The SMILES string of the molecule is C=C1C(=O)O[C@@H]2/C=C(/CO)CC/C=C(/C(=O)OC)[C@H](OC(C)=O)[C@@H](OC(=O)/C(C)=C\C)[C@@H]12. The Labute approximate surface area is 186 Å². The van der Waals surface area contributed by atoms with Crippen LogP contribution >= 0.6 is 0 Å². The number of allylic oxidation sites excluding steroid dienone is 2. The minimum absolute atomic E-state index is 0.0126. The molecule has 0 aromatic heterocycles. The third kappa shape index (κ3) is 5.53. The van der Waals surface area contributed by atoms with Crippen LogP contribution in [-0.2, 0) is 38.1 Å². The summed E-state index contributed by atoms with van der Waals surface area (Å²) in [6.45, 7) is 7.80. The molecule has 0 amide bonds. The summed E-state index contributed by atoms with van der Waals surface area (Å²) in [6.07, 6.45) is 1.59. The van der Waals surface area contributed by atoms with Crippen molar-refractivity contribution in [2.45, 2.75) is 51.9 Å². The van der Waals surface area contributed by atoms with Crippen LogP contribution < -0.4 is 0 Å². The number of carbonyl (C=O) groups excluding carboxylic acids is 4. The second-order valence-electron chi connectivity index (χ2n) is 7.47. The summed E-state index contributed by atoms with van der Waals surface area (Å²) in [5, 5.41) is 9.72. The van der Waals surface area contributed by atoms with Crippen LogP contribution in [0, 0.1) is 5.92 Å². The topological polar surface area (TPSA) is 125 Å². The van der Waals surface area contributed by atoms with Gasteiger partial charge in [0, 0.05) is 18.1 Å². The first-order valence-electron chi connectivity index (χ1n) is 10.1. The number of fused-ring (bicyclic) bond motifs is 1. The van der Waals surface area contributed by atoms with Crippen molar-refractivity contribution in [3.05, 3.63) is 47.1 Å². The first kappa shape index (κ1) is 25.1. The van der Waals surface area contributed by atoms with Crippen LogP contribution in [0.2, 0.25) is 0 Å². The van der Waals surface area contributed by atoms with Gasteiger partial charge in [-0.05, 0) is 38.3 Å². The van der Waals surface area contributed by atoms with Crippen LogP contribution in [0.15, 0.2) is 47.1 Å². The molecule has 9 heteroatoms. The summed E-state index contributed by atoms with van der Waals surface area (Å²) in [4.78, 5) is 49.6. The molecule has 1 aliphatic carbocycles. The highest BCUT2D eigenvalue weighted by Crippen LogP contribution is 2.38. The van der Waals surface area contributed by atoms with Gasteiger partial charge in [0.15, 0.2) is 12.2 Å². The standard InChI is InChI=1S/C23H28O9/c1-6-12(2)21(26)32-20-18-13(3)22(27)31-17(18)10-15(11-24)8-7-9-16(23(28)29-5)19(20)30-14(4)25/h6,9-10,17-20,24H,3,7-8,11H2,1-2,4-5H3/b12-6-,15-10+,16-9+/t17-,18+,19+,20+/m1/s1. The summed E-state index contributed by atoms with van der Waals surface area (Å²) in [5.41, 5.74) is 0.764. The van der Waals surface area contributed by atoms with Gasteiger partial charge in [-0.3, -0.25) is 4.79 Å². The third-order valence-electron chi connectivity index (χ3n) is 5.37. The molecule has 0 aromatic rings. The van der Waals surface area contributed by atoms with Gasteiger partial charge in [-0.15, -0.1) is 0 Å². The Kier molecular flexibility index (Phi) is 8.54. The zero-order valence-corrected chi connectivity index (χ0v) is 18.6. The maximum atomic E-state index is 12.7. The van der Waals surface area contributed by atoms with Crippen LogP contribution in [0.5, 0.6) is 0 Å². The molecule has 1 saturated heterocycles. The van der Waals surface area contributed by atoms with Crippen molar-refractivity contribution < 1.29 is 43.2 Å². The summed E-state index contributed by atoms with van der Waals surface area (Å²) in [5.74, 6) is -3.95. The van der Waals surface area contributed by atoms with Crippen molar-refractivity contribution in [3.8, 4) is 0 Å². The second-order valence-corrected chi connectivity index (χ2v) is 7.47. The number of hydrogen-bond acceptors (Lipinski definition) is 9. The number of ether oxygens (including phenoxy) is 4. The molecule has 32 heavy (non-hydrogen) atoms. The molecule has 2 rings (SSSR count). The molecule has 1 heterocycles. The van der Waals surface area contributed by atoms with Gasteiger partial charge in [-0.2, -0.15) is 0 Å². The van der Waals surface area contributed by atoms with Crippen molar-refractivity contribution >= 4 is 23.9 Å². The molecule has 174 valence electrons. The van der Waals surface area contributed by atoms with Gasteiger partial charge in [0.05, 0.1) is 25.2 Å². The maximum absolute atomic E-state index is 12.7. The number of rotatable bonds is 5. The van der Waals surface area contributed by atoms with E-state index in [1.54, 1.807) is 13.0 Å². The Hall–Kier alpha value is -3.20. The summed E-state index contributed by atoms with van der Waals surface area (Å²) < 4.78 is 21.4. The molecular formula is C23H28O9. The lowest BCUT2D eigenvalue weighted by Gasteiger charge is -2.33. The summed E-state index contributed by atoms with van der Waals surface area (Å²) in [7, 11) is 1.17. The van der Waals surface area contributed by atoms with E-state index in [1.165, 1.54) is 26.2 Å². The second kappa shape index (κ2) is 10.9. The van der Waals surface area contributed by atoms with E-state index < -0.39 is 48.1 Å². The Morgan fingerprint density at radius 1 is 1.28 bits per heavy atom. The van der Waals surface area contributed by atoms with Crippen LogP contribution in [-0.4, -0.2) is 61.0 Å². The fourth-order valence-electron chi connectivity index (χ4n) is 3.57. The summed E-state index contributed by atoms with van der Waals surface area (Å²) in [6, 6.07) is 0. The van der Waals surface area contributed by atoms with E-state index >= 15 is 0 Å². The fourth-order valence-corrected chi connectivity index (χ4v) is 3.57. The monoisotopic (exact) mass is 448 g/mol. The zero-order valence-electron chi connectivity index (χ0n) is 18.6. The van der Waals surface area contributed by atoms with Gasteiger partial charge in [-0.1, -0.05) is 18.7 Å². The number of esters is 4. The molecule has 0 aromatic carbocycles. The highest BCUT2D eigenvalue weighted by atomic mass is 16.6. The minimum Gasteiger partial charge on any atom is -0.466 e. The van der Waals surface area contributed by atoms with Gasteiger partial charge < -0.3 is 24.1 Å². The van der Waals surface area contributed by atoms with E-state index in [4.69, 9.17) is 18.9 Å². The van der Waals surface area contributed by atoms with Gasteiger partial charge in [0.1, 0.15) is 6.10 Å². The van der Waals surface area contributed by atoms with E-state index in [1.807, 2.05) is 0 Å². The highest BCUT2D eigenvalue weighted by Gasteiger charge is 2.50. The molecule has 0 unspecified atom stereocenters. The van der Waals surface area contributed by atoms with E-state index in [0.717, 1.165) is 6.92 Å². The van der Waals surface area contributed by atoms with E-state index in [2.05, 4.69) is 6.58 Å². The normalized spacial score (nSPS) is 29.5. The largest absolute Gasteiger partial charge is 0.466 e. The predicted molar refractivity (Wildman–Crippen MR) is 112 cm³/mol. The third-order valence-corrected chi connectivity index (χ3v) is 5.37. The number of methoxy groups -OCH3 is 1. The van der Waals surface area contributed by atoms with E-state index in [-0.39, 0.29) is 29.7 Å². The minimum atomic E-state index is -1.38. The van der Waals surface area contributed by atoms with Crippen molar-refractivity contribution in [2.24, 2.45) is 5.92 Å². The number of hydrogen-bond donors (Lipinski definition) is 1. The Morgan fingerprint density at radius 3 is 2.53 bits per heavy atom. The first-order chi connectivity index (χ1) is 15.1. The van der Waals surface area contributed by atoms with E-state index in [9.17, 15) is 24.3 Å². The maximum Gasteiger partial charge on any atom is 0.337 e. The molecule has 2 aliphatic rings. The average Bonchev–Trinajstić information content (AvgIpc) is 3.04. The average molecular weight is 448 g/mol. The lowest BCUT2D eigenvalue weighted by Crippen LogP contribution is -2.46. The van der Waals surface area contributed by atoms with Crippen LogP contribution in [0.3, 0.4) is 0 Å². The first-order valence-corrected chi connectivity index (χ1v) is 10.1. The molecule has 0 spiro atoms. The smallest absolute Gasteiger partial charge is 0.337 e. The van der Waals surface area contributed by atoms with Gasteiger partial charge in [-0.25, -0.2) is 14.4 Å². The van der Waals surface area contributed by atoms with Crippen molar-refractivity contribution in [3.63, 3.8) is 0 Å². The molecule has 0 bridgehead atoms. The molecule has 0 radical (unpaired) electrons. The predicted octanol–water partition coefficient (Wildman–Crippen LogP) is 1.71. The van der Waals surface area contributed by atoms with Crippen LogP contribution in [0.4, 0.5) is 0 Å². The molecule has 4 atom stereocenters. The molecule has 9 nitrogen and oxygen atoms in total. The molecule has 1 N–H and O–H groups in total. The molecule has 1 fully saturated rings. The fraction of sp³-hybridized carbons (Fsp3) is 0.478. The van der Waals surface area contributed by atoms with Crippen molar-refractivity contribution in [1.29, 1.82) is 0 Å². The lowest BCUT2D eigenvalue weighted by molar-refractivity contribution is -0.167. The van der Waals surface area contributed by atoms with E-state index in [0.29, 0.717) is 12.0 Å². The van der Waals surface area contributed by atoms with Crippen molar-refractivity contribution in [1.82, 2.24) is 0 Å². The van der Waals surface area contributed by atoms with Crippen molar-refractivity contribution in [2.75, 3.05) is 13.7 Å². The Balaban J connectivity index is 2.73. The lowest BCUT2D eigenvalue weighted by atomic mass is 9.83. The molecular weight excluding hydrogens is 420 g/mol. The Morgan fingerprint density at radius 2 is 1.97 bits per heavy atom. The van der Waals surface area contributed by atoms with Crippen LogP contribution in [0.1, 0.15) is 33.6 Å². The van der Waals surface area contributed by atoms with Gasteiger partial charge >= 0.3 is 23.9 Å². The number of aliphatic hydroxyl groups is 1. The van der Waals surface area contributed by atoms with Gasteiger partial charge in [0.25, 0.3) is 0 Å². The summed E-state index contributed by atoms with van der Waals surface area (Å²) >= 11 is 0. The molecule has 1 aliphatic heterocycles. The Bertz CT molecular complexity index is 893. The number of aliphatic hydroxyl groups excluding tert-OH is 1. The zero-order chi connectivity index (χ0) is 24.0. The van der Waals surface area contributed by atoms with Gasteiger partial charge in [0.2, 0.25) is 0 Å². The highest BCUT2D eigenvalue weighted by molar-refractivity contribution is 5.93. The molecule has 0 saturated carbocycles. The number of carbonyl (C=O) groups is 4.